The molecule has 0 bridgehead atoms. The average Bonchev–Trinajstić information content (AvgIpc) is 2.60. The number of halogens is 1. The van der Waals surface area contributed by atoms with E-state index < -0.39 is 9.84 Å². The minimum absolute atomic E-state index is 0.0410. The predicted octanol–water partition coefficient (Wildman–Crippen LogP) is 4.42. The number of unbranched alkanes of at least 4 members (excludes halogenated alkanes) is 1. The normalized spacial score (nSPS) is 12.3. The molecule has 128 valence electrons. The molecule has 2 nitrogen and oxygen atoms in total. The first kappa shape index (κ1) is 19.5. The monoisotopic (exact) mass is 472 g/mol. The molecule has 0 aliphatic heterocycles. The second kappa shape index (κ2) is 9.57. The molecule has 5 heteroatoms. The first-order chi connectivity index (χ1) is 11.5. The number of alkyl halides is 1. The molecule has 0 fully saturated rings. The van der Waals surface area contributed by atoms with Crippen LogP contribution in [0.1, 0.15) is 31.7 Å². The fraction of sp³-hybridized carbons (Fsp3) is 0.263. The summed E-state index contributed by atoms with van der Waals surface area (Å²) in [6.07, 6.45) is 2.91. The van der Waals surface area contributed by atoms with E-state index in [0.717, 1.165) is 34.6 Å². The molecule has 0 aromatic heterocycles. The van der Waals surface area contributed by atoms with Crippen molar-refractivity contribution in [3.63, 3.8) is 0 Å². The van der Waals surface area contributed by atoms with E-state index in [9.17, 15) is 8.42 Å². The number of rotatable bonds is 8. The number of benzene rings is 2. The second-order valence-electron chi connectivity index (χ2n) is 5.43. The SMILES string of the molecule is CCCC/C(=C\S(=O)(=O)c1ccc(CBr)cc1)[Se]c1ccccc1. The van der Waals surface area contributed by atoms with Crippen LogP contribution < -0.4 is 4.46 Å². The van der Waals surface area contributed by atoms with Crippen LogP contribution in [0.4, 0.5) is 0 Å². The van der Waals surface area contributed by atoms with Gasteiger partial charge in [-0.15, -0.1) is 0 Å². The van der Waals surface area contributed by atoms with Crippen LogP contribution >= 0.6 is 15.9 Å². The van der Waals surface area contributed by atoms with Gasteiger partial charge in [-0.05, 0) is 0 Å². The van der Waals surface area contributed by atoms with Gasteiger partial charge in [0.15, 0.2) is 0 Å². The van der Waals surface area contributed by atoms with Crippen molar-refractivity contribution in [2.45, 2.75) is 36.4 Å². The summed E-state index contributed by atoms with van der Waals surface area (Å²) in [4.78, 5) is 0.366. The number of hydrogen-bond donors (Lipinski definition) is 0. The molecule has 0 saturated carbocycles. The van der Waals surface area contributed by atoms with Crippen molar-refractivity contribution < 1.29 is 8.42 Å². The van der Waals surface area contributed by atoms with E-state index >= 15 is 0 Å². The number of allylic oxidation sites excluding steroid dienone is 1. The Labute approximate surface area is 159 Å². The Kier molecular flexibility index (Phi) is 7.76. The van der Waals surface area contributed by atoms with Crippen molar-refractivity contribution in [3.05, 3.63) is 70.0 Å². The van der Waals surface area contributed by atoms with Crippen LogP contribution in [0.25, 0.3) is 0 Å². The number of sulfone groups is 1. The zero-order valence-electron chi connectivity index (χ0n) is 13.6. The van der Waals surface area contributed by atoms with E-state index in [0.29, 0.717) is 4.90 Å². The summed E-state index contributed by atoms with van der Waals surface area (Å²) in [5.41, 5.74) is 1.07. The van der Waals surface area contributed by atoms with Crippen molar-refractivity contribution in [1.82, 2.24) is 0 Å². The van der Waals surface area contributed by atoms with E-state index in [4.69, 9.17) is 0 Å². The molecule has 0 aliphatic carbocycles. The van der Waals surface area contributed by atoms with Gasteiger partial charge >= 0.3 is 160 Å². The zero-order chi connectivity index (χ0) is 17.4. The molecule has 0 atom stereocenters. The van der Waals surface area contributed by atoms with E-state index in [1.807, 2.05) is 30.3 Å². The van der Waals surface area contributed by atoms with Crippen LogP contribution in [-0.4, -0.2) is 23.4 Å². The Morgan fingerprint density at radius 1 is 1.08 bits per heavy atom. The summed E-state index contributed by atoms with van der Waals surface area (Å²) in [7, 11) is -3.40. The van der Waals surface area contributed by atoms with E-state index in [2.05, 4.69) is 35.0 Å². The molecule has 0 aliphatic rings. The van der Waals surface area contributed by atoms with Crippen LogP contribution in [0.5, 0.6) is 0 Å². The quantitative estimate of drug-likeness (QED) is 0.421. The van der Waals surface area contributed by atoms with Gasteiger partial charge in [-0.25, -0.2) is 0 Å². The fourth-order valence-electron chi connectivity index (χ4n) is 2.13. The summed E-state index contributed by atoms with van der Waals surface area (Å²) >= 11 is 3.42. The van der Waals surface area contributed by atoms with Crippen molar-refractivity contribution in [3.8, 4) is 0 Å². The molecule has 0 radical (unpaired) electrons. The Bertz CT molecular complexity index is 769. The Morgan fingerprint density at radius 2 is 1.75 bits per heavy atom. The van der Waals surface area contributed by atoms with Crippen LogP contribution in [0, 0.1) is 0 Å². The third-order valence-corrected chi connectivity index (χ3v) is 8.26. The van der Waals surface area contributed by atoms with Crippen LogP contribution in [0.15, 0.2) is 69.4 Å². The van der Waals surface area contributed by atoms with Crippen LogP contribution in [-0.2, 0) is 15.2 Å². The van der Waals surface area contributed by atoms with Gasteiger partial charge < -0.3 is 0 Å². The summed E-state index contributed by atoms with van der Waals surface area (Å²) in [6.45, 7) is 2.13. The summed E-state index contributed by atoms with van der Waals surface area (Å²) in [5.74, 6) is 0. The van der Waals surface area contributed by atoms with Gasteiger partial charge in [-0.1, -0.05) is 0 Å². The van der Waals surface area contributed by atoms with Gasteiger partial charge in [0, 0.05) is 0 Å². The zero-order valence-corrected chi connectivity index (χ0v) is 17.7. The summed E-state index contributed by atoms with van der Waals surface area (Å²) in [6, 6.07) is 17.2. The average molecular weight is 472 g/mol. The predicted molar refractivity (Wildman–Crippen MR) is 106 cm³/mol. The summed E-state index contributed by atoms with van der Waals surface area (Å²) in [5, 5.41) is 2.22. The van der Waals surface area contributed by atoms with Gasteiger partial charge in [0.1, 0.15) is 0 Å². The van der Waals surface area contributed by atoms with Gasteiger partial charge in [-0.2, -0.15) is 0 Å². The summed E-state index contributed by atoms with van der Waals surface area (Å²) < 4.78 is 27.7. The maximum atomic E-state index is 12.7. The molecule has 2 aromatic carbocycles. The molecule has 2 rings (SSSR count). The molecule has 0 N–H and O–H groups in total. The van der Waals surface area contributed by atoms with Crippen molar-refractivity contribution in [2.24, 2.45) is 0 Å². The molecule has 0 unspecified atom stereocenters. The van der Waals surface area contributed by atoms with Gasteiger partial charge in [0.2, 0.25) is 0 Å². The standard InChI is InChI=1S/C19H21BrO2SSe/c1-2-3-7-19(24-18-8-5-4-6-9-18)15-23(21,22)17-12-10-16(14-20)11-13-17/h4-6,8-13,15H,2-3,7,14H2,1H3/b19-15+. The Morgan fingerprint density at radius 3 is 2.33 bits per heavy atom. The molecule has 0 heterocycles. The minimum atomic E-state index is -3.40. The van der Waals surface area contributed by atoms with Crippen molar-refractivity contribution >= 4 is 45.2 Å². The van der Waals surface area contributed by atoms with Crippen molar-refractivity contribution in [1.29, 1.82) is 0 Å². The van der Waals surface area contributed by atoms with Gasteiger partial charge in [0.25, 0.3) is 0 Å². The van der Waals surface area contributed by atoms with Crippen LogP contribution in [0.3, 0.4) is 0 Å². The Balaban J connectivity index is 2.28. The molecule has 24 heavy (non-hydrogen) atoms. The molecule has 0 amide bonds. The van der Waals surface area contributed by atoms with Crippen molar-refractivity contribution in [2.75, 3.05) is 0 Å². The fourth-order valence-corrected chi connectivity index (χ4v) is 6.54. The first-order valence-electron chi connectivity index (χ1n) is 7.88. The Hall–Kier alpha value is -0.871. The van der Waals surface area contributed by atoms with Gasteiger partial charge in [0.05, 0.1) is 0 Å². The number of hydrogen-bond acceptors (Lipinski definition) is 2. The second-order valence-corrected chi connectivity index (χ2v) is 10.3. The molecular formula is C19H21BrO2SSe. The molecule has 0 saturated heterocycles. The van der Waals surface area contributed by atoms with Gasteiger partial charge in [-0.3, -0.25) is 0 Å². The third-order valence-electron chi connectivity index (χ3n) is 3.46. The van der Waals surface area contributed by atoms with E-state index in [1.54, 1.807) is 12.1 Å². The topological polar surface area (TPSA) is 34.1 Å². The third kappa shape index (κ3) is 5.89. The van der Waals surface area contributed by atoms with E-state index in [1.165, 1.54) is 9.87 Å². The molecular weight excluding hydrogens is 451 g/mol. The first-order valence-corrected chi connectivity index (χ1v) is 12.3. The van der Waals surface area contributed by atoms with Crippen LogP contribution in [0.2, 0.25) is 0 Å². The van der Waals surface area contributed by atoms with E-state index in [-0.39, 0.29) is 15.0 Å². The maximum absolute atomic E-state index is 12.7. The molecule has 0 spiro atoms. The molecule has 2 aromatic rings.